The third-order valence-electron chi connectivity index (χ3n) is 5.76. The van der Waals surface area contributed by atoms with Gasteiger partial charge in [0, 0.05) is 30.5 Å². The summed E-state index contributed by atoms with van der Waals surface area (Å²) in [5, 5.41) is 6.94. The predicted octanol–water partition coefficient (Wildman–Crippen LogP) is 3.33. The van der Waals surface area contributed by atoms with E-state index < -0.39 is 0 Å². The van der Waals surface area contributed by atoms with Gasteiger partial charge in [-0.25, -0.2) is 0 Å². The van der Waals surface area contributed by atoms with Crippen LogP contribution in [-0.2, 0) is 4.79 Å². The Kier molecular flexibility index (Phi) is 4.03. The van der Waals surface area contributed by atoms with Gasteiger partial charge in [0.1, 0.15) is 11.4 Å². The van der Waals surface area contributed by atoms with Crippen LogP contribution in [0.2, 0.25) is 0 Å². The lowest BCUT2D eigenvalue weighted by molar-refractivity contribution is -0.123. The van der Waals surface area contributed by atoms with Gasteiger partial charge in [0.05, 0.1) is 6.04 Å². The maximum Gasteiger partial charge on any atom is 0.220 e. The second kappa shape index (κ2) is 6.07. The van der Waals surface area contributed by atoms with E-state index in [0.717, 1.165) is 30.6 Å². The number of hydrogen-bond donors (Lipinski definition) is 2. The van der Waals surface area contributed by atoms with Crippen molar-refractivity contribution in [2.45, 2.75) is 76.1 Å². The molecule has 2 fully saturated rings. The van der Waals surface area contributed by atoms with Gasteiger partial charge in [-0.15, -0.1) is 0 Å². The van der Waals surface area contributed by atoms with Gasteiger partial charge < -0.3 is 15.4 Å². The van der Waals surface area contributed by atoms with Gasteiger partial charge in [0.2, 0.25) is 5.91 Å². The molecule has 130 valence electrons. The maximum atomic E-state index is 12.7. The van der Waals surface area contributed by atoms with E-state index in [1.807, 2.05) is 18.2 Å². The van der Waals surface area contributed by atoms with Gasteiger partial charge in [0.25, 0.3) is 0 Å². The fourth-order valence-corrected chi connectivity index (χ4v) is 4.79. The zero-order chi connectivity index (χ0) is 16.7. The zero-order valence-electron chi connectivity index (χ0n) is 14.7. The van der Waals surface area contributed by atoms with Crippen molar-refractivity contribution < 1.29 is 9.53 Å². The van der Waals surface area contributed by atoms with E-state index in [-0.39, 0.29) is 17.6 Å². The van der Waals surface area contributed by atoms with Crippen LogP contribution in [0.3, 0.4) is 0 Å². The van der Waals surface area contributed by atoms with Crippen molar-refractivity contribution in [3.63, 3.8) is 0 Å². The monoisotopic (exact) mass is 328 g/mol. The molecular formula is C20H28N2O2. The first kappa shape index (κ1) is 15.9. The molecule has 3 heterocycles. The minimum atomic E-state index is -0.250. The zero-order valence-corrected chi connectivity index (χ0v) is 14.7. The summed E-state index contributed by atoms with van der Waals surface area (Å²) in [7, 11) is 0. The van der Waals surface area contributed by atoms with Crippen LogP contribution >= 0.6 is 0 Å². The van der Waals surface area contributed by atoms with E-state index in [4.69, 9.17) is 4.74 Å². The molecule has 3 unspecified atom stereocenters. The van der Waals surface area contributed by atoms with Gasteiger partial charge in [-0.3, -0.25) is 4.79 Å². The Bertz CT molecular complexity index is 616. The summed E-state index contributed by atoms with van der Waals surface area (Å²) >= 11 is 0. The van der Waals surface area contributed by atoms with Crippen molar-refractivity contribution in [2.75, 3.05) is 0 Å². The van der Waals surface area contributed by atoms with Crippen molar-refractivity contribution >= 4 is 5.91 Å². The number of carbonyl (C=O) groups is 1. The number of fused-ring (bicyclic) bond motifs is 3. The van der Waals surface area contributed by atoms with Crippen LogP contribution in [0.4, 0.5) is 0 Å². The Morgan fingerprint density at radius 3 is 2.71 bits per heavy atom. The van der Waals surface area contributed by atoms with Crippen molar-refractivity contribution in [2.24, 2.45) is 5.92 Å². The molecule has 2 bridgehead atoms. The van der Waals surface area contributed by atoms with Crippen LogP contribution in [0.15, 0.2) is 24.3 Å². The molecule has 2 N–H and O–H groups in total. The normalized spacial score (nSPS) is 33.4. The molecule has 3 atom stereocenters. The SMILES string of the molecule is CC1(C)CC(NC(=O)CC2CC3CCC(C2)N3)c2ccccc2O1. The molecule has 1 aromatic rings. The first-order valence-corrected chi connectivity index (χ1v) is 9.32. The van der Waals surface area contributed by atoms with Gasteiger partial charge in [-0.2, -0.15) is 0 Å². The van der Waals surface area contributed by atoms with Crippen molar-refractivity contribution in [1.29, 1.82) is 0 Å². The number of amides is 1. The van der Waals surface area contributed by atoms with Crippen LogP contribution in [0, 0.1) is 5.92 Å². The summed E-state index contributed by atoms with van der Waals surface area (Å²) in [6.07, 6.45) is 6.34. The summed E-state index contributed by atoms with van der Waals surface area (Å²) in [5.74, 6) is 1.63. The smallest absolute Gasteiger partial charge is 0.220 e. The molecule has 1 aromatic carbocycles. The van der Waals surface area contributed by atoms with Crippen molar-refractivity contribution in [1.82, 2.24) is 10.6 Å². The number of carbonyl (C=O) groups excluding carboxylic acids is 1. The molecule has 1 amide bonds. The molecular weight excluding hydrogens is 300 g/mol. The van der Waals surface area contributed by atoms with Crippen molar-refractivity contribution in [3.8, 4) is 5.75 Å². The maximum absolute atomic E-state index is 12.7. The second-order valence-electron chi connectivity index (χ2n) is 8.40. The lowest BCUT2D eigenvalue weighted by Crippen LogP contribution is -2.43. The molecule has 2 saturated heterocycles. The number of benzene rings is 1. The second-order valence-corrected chi connectivity index (χ2v) is 8.40. The van der Waals surface area contributed by atoms with E-state index in [9.17, 15) is 4.79 Å². The summed E-state index contributed by atoms with van der Waals surface area (Å²) in [6, 6.07) is 9.42. The largest absolute Gasteiger partial charge is 0.487 e. The number of ether oxygens (including phenoxy) is 1. The highest BCUT2D eigenvalue weighted by molar-refractivity contribution is 5.77. The molecule has 0 saturated carbocycles. The highest BCUT2D eigenvalue weighted by Gasteiger charge is 2.36. The molecule has 4 heteroatoms. The topological polar surface area (TPSA) is 50.4 Å². The summed E-state index contributed by atoms with van der Waals surface area (Å²) in [5.41, 5.74) is 0.857. The third kappa shape index (κ3) is 3.30. The highest BCUT2D eigenvalue weighted by Crippen LogP contribution is 2.39. The molecule has 3 aliphatic heterocycles. The fraction of sp³-hybridized carbons (Fsp3) is 0.650. The average molecular weight is 328 g/mol. The fourth-order valence-electron chi connectivity index (χ4n) is 4.79. The third-order valence-corrected chi connectivity index (χ3v) is 5.76. The number of rotatable bonds is 3. The van der Waals surface area contributed by atoms with Gasteiger partial charge in [-0.1, -0.05) is 18.2 Å². The Labute approximate surface area is 144 Å². The van der Waals surface area contributed by atoms with Crippen LogP contribution in [-0.4, -0.2) is 23.6 Å². The summed E-state index contributed by atoms with van der Waals surface area (Å²) < 4.78 is 6.06. The van der Waals surface area contributed by atoms with Gasteiger partial charge >= 0.3 is 0 Å². The number of hydrogen-bond acceptors (Lipinski definition) is 3. The molecule has 4 nitrogen and oxygen atoms in total. The van der Waals surface area contributed by atoms with E-state index in [2.05, 4.69) is 30.5 Å². The Hall–Kier alpha value is -1.55. The first-order valence-electron chi connectivity index (χ1n) is 9.32. The number of piperidine rings is 1. The quantitative estimate of drug-likeness (QED) is 0.895. The summed E-state index contributed by atoms with van der Waals surface area (Å²) in [6.45, 7) is 4.18. The minimum absolute atomic E-state index is 0.0517. The number of para-hydroxylation sites is 1. The number of nitrogens with one attached hydrogen (secondary N) is 2. The van der Waals surface area contributed by atoms with Crippen LogP contribution in [0.25, 0.3) is 0 Å². The minimum Gasteiger partial charge on any atom is -0.487 e. The lowest BCUT2D eigenvalue weighted by Gasteiger charge is -2.38. The molecule has 0 aromatic heterocycles. The van der Waals surface area contributed by atoms with E-state index in [0.29, 0.717) is 24.4 Å². The molecule has 4 rings (SSSR count). The molecule has 24 heavy (non-hydrogen) atoms. The average Bonchev–Trinajstić information content (AvgIpc) is 2.85. The van der Waals surface area contributed by atoms with E-state index in [1.54, 1.807) is 0 Å². The van der Waals surface area contributed by atoms with Crippen molar-refractivity contribution in [3.05, 3.63) is 29.8 Å². The Morgan fingerprint density at radius 2 is 1.96 bits per heavy atom. The molecule has 0 radical (unpaired) electrons. The highest BCUT2D eigenvalue weighted by atomic mass is 16.5. The van der Waals surface area contributed by atoms with Gasteiger partial charge in [-0.05, 0) is 51.5 Å². The van der Waals surface area contributed by atoms with Crippen LogP contribution in [0.5, 0.6) is 5.75 Å². The molecule has 3 aliphatic rings. The lowest BCUT2D eigenvalue weighted by atomic mass is 9.87. The standard InChI is InChI=1S/C20H28N2O2/c1-20(2)12-17(16-5-3-4-6-18(16)24-20)22-19(23)11-13-9-14-7-8-15(10-13)21-14/h3-6,13-15,17,21H,7-12H2,1-2H3,(H,22,23). The van der Waals surface area contributed by atoms with Gasteiger partial charge in [0.15, 0.2) is 0 Å². The summed E-state index contributed by atoms with van der Waals surface area (Å²) in [4.78, 5) is 12.7. The molecule has 0 aliphatic carbocycles. The van der Waals surface area contributed by atoms with E-state index >= 15 is 0 Å². The van der Waals surface area contributed by atoms with E-state index in [1.165, 1.54) is 12.8 Å². The molecule has 0 spiro atoms. The first-order chi connectivity index (χ1) is 11.5. The Balaban J connectivity index is 1.42. The predicted molar refractivity (Wildman–Crippen MR) is 93.9 cm³/mol. The van der Waals surface area contributed by atoms with Crippen LogP contribution in [0.1, 0.15) is 64.0 Å². The Morgan fingerprint density at radius 1 is 1.25 bits per heavy atom. The van der Waals surface area contributed by atoms with Crippen LogP contribution < -0.4 is 15.4 Å².